The zero-order valence-electron chi connectivity index (χ0n) is 10.3. The maximum absolute atomic E-state index is 2.41. The van der Waals surface area contributed by atoms with Crippen molar-refractivity contribution >= 4 is 13.2 Å². The zero-order valence-corrected chi connectivity index (χ0v) is 11.3. The summed E-state index contributed by atoms with van der Waals surface area (Å²) in [5.74, 6) is 0.907. The van der Waals surface area contributed by atoms with Gasteiger partial charge >= 0.3 is 0 Å². The first-order valence-corrected chi connectivity index (χ1v) is 8.09. The van der Waals surface area contributed by atoms with Crippen LogP contribution in [0.2, 0.25) is 0 Å². The lowest BCUT2D eigenvalue weighted by atomic mass is 10.1. The van der Waals surface area contributed by atoms with Gasteiger partial charge in [-0.2, -0.15) is 0 Å². The second kappa shape index (κ2) is 7.01. The highest BCUT2D eigenvalue weighted by atomic mass is 31.1. The van der Waals surface area contributed by atoms with Crippen molar-refractivity contribution in [2.45, 2.75) is 33.6 Å². The first-order chi connectivity index (χ1) is 7.27. The van der Waals surface area contributed by atoms with Gasteiger partial charge in [0.2, 0.25) is 0 Å². The Labute approximate surface area is 95.9 Å². The van der Waals surface area contributed by atoms with E-state index in [4.69, 9.17) is 0 Å². The van der Waals surface area contributed by atoms with Crippen molar-refractivity contribution in [2.24, 2.45) is 5.92 Å². The van der Waals surface area contributed by atoms with Crippen molar-refractivity contribution in [3.8, 4) is 0 Å². The summed E-state index contributed by atoms with van der Waals surface area (Å²) < 4.78 is 0. The number of hydrogen-bond donors (Lipinski definition) is 0. The van der Waals surface area contributed by atoms with Crippen LogP contribution in [0.15, 0.2) is 30.3 Å². The van der Waals surface area contributed by atoms with Crippen LogP contribution in [0.4, 0.5) is 0 Å². The van der Waals surface area contributed by atoms with E-state index in [0.717, 1.165) is 5.92 Å². The van der Waals surface area contributed by atoms with Crippen LogP contribution in [0.5, 0.6) is 0 Å². The molecule has 0 bridgehead atoms. The van der Waals surface area contributed by atoms with Crippen LogP contribution in [-0.2, 0) is 0 Å². The highest BCUT2D eigenvalue weighted by molar-refractivity contribution is 7.65. The van der Waals surface area contributed by atoms with E-state index in [1.54, 1.807) is 5.30 Å². The largest absolute Gasteiger partial charge is 0.0914 e. The second-order valence-corrected chi connectivity index (χ2v) is 7.32. The summed E-state index contributed by atoms with van der Waals surface area (Å²) >= 11 is 0. The standard InChI is InChI=1S/C14H23P/c1-4-9-13(3)12-15(5-2)14-10-7-6-8-11-14/h6-8,10-11,13H,4-5,9,12H2,1-3H3/p+1. The molecule has 2 atom stereocenters. The van der Waals surface area contributed by atoms with Crippen LogP contribution >= 0.6 is 7.92 Å². The van der Waals surface area contributed by atoms with Gasteiger partial charge in [-0.05, 0) is 31.4 Å². The number of hydrogen-bond acceptors (Lipinski definition) is 0. The Morgan fingerprint density at radius 2 is 1.80 bits per heavy atom. The molecular formula is C14H24P+. The lowest BCUT2D eigenvalue weighted by molar-refractivity contribution is 0.582. The molecule has 0 saturated heterocycles. The Kier molecular flexibility index (Phi) is 5.95. The molecule has 1 aromatic rings. The van der Waals surface area contributed by atoms with Gasteiger partial charge in [-0.25, -0.2) is 0 Å². The van der Waals surface area contributed by atoms with E-state index in [0.29, 0.717) is 0 Å². The van der Waals surface area contributed by atoms with Crippen molar-refractivity contribution in [1.29, 1.82) is 0 Å². The normalized spacial score (nSPS) is 14.9. The lowest BCUT2D eigenvalue weighted by Crippen LogP contribution is -2.09. The van der Waals surface area contributed by atoms with Gasteiger partial charge in [-0.3, -0.25) is 0 Å². The van der Waals surface area contributed by atoms with Crippen LogP contribution < -0.4 is 5.30 Å². The summed E-state index contributed by atoms with van der Waals surface area (Å²) in [6.45, 7) is 7.05. The summed E-state index contributed by atoms with van der Waals surface area (Å²) in [5.41, 5.74) is 0. The molecule has 84 valence electrons. The molecule has 0 aliphatic carbocycles. The van der Waals surface area contributed by atoms with E-state index >= 15 is 0 Å². The summed E-state index contributed by atoms with van der Waals surface area (Å²) in [4.78, 5) is 0. The molecule has 0 nitrogen and oxygen atoms in total. The molecule has 0 aliphatic heterocycles. The van der Waals surface area contributed by atoms with E-state index in [2.05, 4.69) is 51.1 Å². The van der Waals surface area contributed by atoms with E-state index in [1.807, 2.05) is 0 Å². The minimum atomic E-state index is -0.283. The highest BCUT2D eigenvalue weighted by Crippen LogP contribution is 2.36. The molecular weight excluding hydrogens is 199 g/mol. The van der Waals surface area contributed by atoms with Crippen LogP contribution in [0.3, 0.4) is 0 Å². The maximum Gasteiger partial charge on any atom is 0.0914 e. The second-order valence-electron chi connectivity index (χ2n) is 4.42. The molecule has 1 aromatic carbocycles. The minimum absolute atomic E-state index is 0.283. The molecule has 0 saturated carbocycles. The fourth-order valence-electron chi connectivity index (χ4n) is 2.16. The summed E-state index contributed by atoms with van der Waals surface area (Å²) in [5, 5.41) is 1.62. The molecule has 0 radical (unpaired) electrons. The van der Waals surface area contributed by atoms with Crippen molar-refractivity contribution in [1.82, 2.24) is 0 Å². The summed E-state index contributed by atoms with van der Waals surface area (Å²) in [6, 6.07) is 11.1. The monoisotopic (exact) mass is 223 g/mol. The summed E-state index contributed by atoms with van der Waals surface area (Å²) in [7, 11) is -0.283. The third kappa shape index (κ3) is 4.34. The fourth-order valence-corrected chi connectivity index (χ4v) is 4.80. The first kappa shape index (κ1) is 12.7. The van der Waals surface area contributed by atoms with Gasteiger partial charge in [-0.1, -0.05) is 38.5 Å². The molecule has 0 aromatic heterocycles. The molecule has 0 N–H and O–H groups in total. The number of rotatable bonds is 6. The van der Waals surface area contributed by atoms with Crippen LogP contribution in [0.1, 0.15) is 33.6 Å². The van der Waals surface area contributed by atoms with E-state index in [1.165, 1.54) is 25.2 Å². The van der Waals surface area contributed by atoms with E-state index < -0.39 is 0 Å². The smallest absolute Gasteiger partial charge is 0.0654 e. The van der Waals surface area contributed by atoms with Gasteiger partial charge in [0.25, 0.3) is 0 Å². The minimum Gasteiger partial charge on any atom is -0.0654 e. The van der Waals surface area contributed by atoms with Gasteiger partial charge in [0, 0.05) is 7.92 Å². The Balaban J connectivity index is 2.56. The Bertz CT molecular complexity index is 255. The molecule has 0 fully saturated rings. The molecule has 0 amide bonds. The van der Waals surface area contributed by atoms with Crippen molar-refractivity contribution in [3.63, 3.8) is 0 Å². The van der Waals surface area contributed by atoms with Gasteiger partial charge in [0.05, 0.1) is 17.6 Å². The van der Waals surface area contributed by atoms with Crippen LogP contribution in [0.25, 0.3) is 0 Å². The number of benzene rings is 1. The summed E-state index contributed by atoms with van der Waals surface area (Å²) in [6.07, 6.45) is 5.53. The van der Waals surface area contributed by atoms with Crippen molar-refractivity contribution in [2.75, 3.05) is 12.3 Å². The van der Waals surface area contributed by atoms with Gasteiger partial charge in [0.1, 0.15) is 0 Å². The quantitative estimate of drug-likeness (QED) is 0.640. The van der Waals surface area contributed by atoms with E-state index in [9.17, 15) is 0 Å². The molecule has 1 rings (SSSR count). The molecule has 1 heteroatoms. The third-order valence-electron chi connectivity index (χ3n) is 2.99. The van der Waals surface area contributed by atoms with Gasteiger partial charge < -0.3 is 0 Å². The van der Waals surface area contributed by atoms with Crippen LogP contribution in [-0.4, -0.2) is 12.3 Å². The Morgan fingerprint density at radius 1 is 1.13 bits per heavy atom. The van der Waals surface area contributed by atoms with E-state index in [-0.39, 0.29) is 7.92 Å². The lowest BCUT2D eigenvalue weighted by Gasteiger charge is -2.13. The Hall–Kier alpha value is -0.350. The van der Waals surface area contributed by atoms with Gasteiger partial charge in [0.15, 0.2) is 0 Å². The fraction of sp³-hybridized carbons (Fsp3) is 0.571. The average molecular weight is 223 g/mol. The van der Waals surface area contributed by atoms with Crippen LogP contribution in [0, 0.1) is 5.92 Å². The molecule has 15 heavy (non-hydrogen) atoms. The molecule has 0 aliphatic rings. The first-order valence-electron chi connectivity index (χ1n) is 6.18. The molecule has 2 unspecified atom stereocenters. The zero-order chi connectivity index (χ0) is 11.1. The third-order valence-corrected chi connectivity index (χ3v) is 6.18. The average Bonchev–Trinajstić information content (AvgIpc) is 2.27. The SMILES string of the molecule is CCCC(C)C[PH+](CC)c1ccccc1. The Morgan fingerprint density at radius 3 is 2.33 bits per heavy atom. The molecule has 0 spiro atoms. The van der Waals surface area contributed by atoms with Crippen molar-refractivity contribution < 1.29 is 0 Å². The predicted octanol–water partition coefficient (Wildman–Crippen LogP) is 3.98. The molecule has 0 heterocycles. The predicted molar refractivity (Wildman–Crippen MR) is 73.9 cm³/mol. The maximum atomic E-state index is 2.41. The van der Waals surface area contributed by atoms with Crippen molar-refractivity contribution in [3.05, 3.63) is 30.3 Å². The highest BCUT2D eigenvalue weighted by Gasteiger charge is 2.19. The topological polar surface area (TPSA) is 0 Å². The van der Waals surface area contributed by atoms with Gasteiger partial charge in [-0.15, -0.1) is 0 Å².